The number of allylic oxidation sites excluding steroid dienone is 8. The molecule has 1 heterocycles. The van der Waals surface area contributed by atoms with Crippen molar-refractivity contribution in [2.45, 2.75) is 230 Å². The van der Waals surface area contributed by atoms with E-state index >= 15 is 0 Å². The van der Waals surface area contributed by atoms with E-state index in [9.17, 15) is 30.0 Å². The summed E-state index contributed by atoms with van der Waals surface area (Å²) in [6.07, 6.45) is 39.7. The summed E-state index contributed by atoms with van der Waals surface area (Å²) in [4.78, 5) is 25.4. The van der Waals surface area contributed by atoms with Crippen molar-refractivity contribution in [3.05, 3.63) is 48.6 Å². The molecule has 6 atom stereocenters. The molecule has 0 spiro atoms. The Balaban J connectivity index is 2.31. The largest absolute Gasteiger partial charge is 0.462 e. The van der Waals surface area contributed by atoms with Gasteiger partial charge in [0.1, 0.15) is 31.0 Å². The maximum atomic E-state index is 12.8. The lowest BCUT2D eigenvalue weighted by Crippen LogP contribution is -2.59. The van der Waals surface area contributed by atoms with Gasteiger partial charge in [-0.05, 0) is 70.6 Å². The number of rotatable bonds is 39. The molecule has 59 heavy (non-hydrogen) atoms. The van der Waals surface area contributed by atoms with E-state index in [1.165, 1.54) is 83.5 Å². The van der Waals surface area contributed by atoms with Gasteiger partial charge in [-0.15, -0.1) is 0 Å². The molecule has 1 aliphatic heterocycles. The first-order chi connectivity index (χ1) is 28.8. The zero-order valence-electron chi connectivity index (χ0n) is 37.2. The zero-order valence-corrected chi connectivity index (χ0v) is 37.2. The van der Waals surface area contributed by atoms with Gasteiger partial charge < -0.3 is 39.4 Å². The van der Waals surface area contributed by atoms with Crippen LogP contribution in [-0.4, -0.2) is 89.0 Å². The molecule has 0 radical (unpaired) electrons. The first kappa shape index (κ1) is 54.7. The second-order valence-corrected chi connectivity index (χ2v) is 16.2. The Morgan fingerprint density at radius 2 is 1.00 bits per heavy atom. The molecule has 0 aliphatic carbocycles. The van der Waals surface area contributed by atoms with Crippen LogP contribution in [0.3, 0.4) is 0 Å². The second kappa shape index (κ2) is 39.8. The third-order valence-electron chi connectivity index (χ3n) is 10.7. The van der Waals surface area contributed by atoms with E-state index in [-0.39, 0.29) is 32.0 Å². The van der Waals surface area contributed by atoms with Gasteiger partial charge >= 0.3 is 11.9 Å². The van der Waals surface area contributed by atoms with Gasteiger partial charge in [-0.2, -0.15) is 0 Å². The SMILES string of the molecule is CCCCC/C=C/C/C=C/CCCCCCCCCCCC(=O)OC[C@@H](CO[C@H]1O[C@@H](CO)[C@@H](O)C(O)C1O)OC(=O)CCCCCCC/C=C/C=C/CCCCCC. The molecule has 1 fully saturated rings. The van der Waals surface area contributed by atoms with E-state index < -0.39 is 49.4 Å². The molecule has 2 unspecified atom stereocenters. The third kappa shape index (κ3) is 31.2. The number of unbranched alkanes of at least 4 members (excludes halogenated alkanes) is 21. The topological polar surface area (TPSA) is 152 Å². The second-order valence-electron chi connectivity index (χ2n) is 16.2. The summed E-state index contributed by atoms with van der Waals surface area (Å²) in [6, 6.07) is 0. The molecule has 10 heteroatoms. The Hall–Kier alpha value is -2.34. The molecule has 0 aromatic carbocycles. The van der Waals surface area contributed by atoms with Crippen molar-refractivity contribution in [2.24, 2.45) is 0 Å². The van der Waals surface area contributed by atoms with Crippen LogP contribution in [-0.2, 0) is 28.5 Å². The Morgan fingerprint density at radius 1 is 0.542 bits per heavy atom. The monoisotopic (exact) mass is 835 g/mol. The summed E-state index contributed by atoms with van der Waals surface area (Å²) >= 11 is 0. The number of aliphatic hydroxyl groups is 4. The molecule has 10 nitrogen and oxygen atoms in total. The van der Waals surface area contributed by atoms with E-state index in [4.69, 9.17) is 18.9 Å². The van der Waals surface area contributed by atoms with Crippen molar-refractivity contribution in [3.8, 4) is 0 Å². The minimum atomic E-state index is -1.60. The highest BCUT2D eigenvalue weighted by atomic mass is 16.7. The molecule has 1 saturated heterocycles. The molecule has 0 saturated carbocycles. The molecule has 342 valence electrons. The molecule has 0 bridgehead atoms. The number of carbonyl (C=O) groups excluding carboxylic acids is 2. The number of carbonyl (C=O) groups is 2. The van der Waals surface area contributed by atoms with Crippen molar-refractivity contribution >= 4 is 11.9 Å². The average molecular weight is 835 g/mol. The minimum absolute atomic E-state index is 0.210. The van der Waals surface area contributed by atoms with Gasteiger partial charge in [-0.3, -0.25) is 9.59 Å². The van der Waals surface area contributed by atoms with Gasteiger partial charge in [0, 0.05) is 12.8 Å². The van der Waals surface area contributed by atoms with Gasteiger partial charge in [0.15, 0.2) is 12.4 Å². The maximum Gasteiger partial charge on any atom is 0.306 e. The Morgan fingerprint density at radius 3 is 1.54 bits per heavy atom. The van der Waals surface area contributed by atoms with Crippen LogP contribution in [0.5, 0.6) is 0 Å². The fourth-order valence-corrected chi connectivity index (χ4v) is 6.91. The first-order valence-electron chi connectivity index (χ1n) is 23.7. The van der Waals surface area contributed by atoms with Crippen molar-refractivity contribution < 1.29 is 49.0 Å². The lowest BCUT2D eigenvalue weighted by molar-refractivity contribution is -0.305. The van der Waals surface area contributed by atoms with E-state index in [2.05, 4.69) is 62.5 Å². The summed E-state index contributed by atoms with van der Waals surface area (Å²) < 4.78 is 22.2. The van der Waals surface area contributed by atoms with Gasteiger partial charge in [0.05, 0.1) is 13.2 Å². The van der Waals surface area contributed by atoms with Crippen molar-refractivity contribution in [3.63, 3.8) is 0 Å². The van der Waals surface area contributed by atoms with Crippen LogP contribution >= 0.6 is 0 Å². The molecule has 0 amide bonds. The van der Waals surface area contributed by atoms with Gasteiger partial charge in [-0.25, -0.2) is 0 Å². The summed E-state index contributed by atoms with van der Waals surface area (Å²) in [5.74, 6) is -0.828. The Kier molecular flexibility index (Phi) is 36.9. The zero-order chi connectivity index (χ0) is 43.0. The lowest BCUT2D eigenvalue weighted by Gasteiger charge is -2.39. The smallest absolute Gasteiger partial charge is 0.306 e. The molecule has 4 N–H and O–H groups in total. The van der Waals surface area contributed by atoms with Gasteiger partial charge in [0.25, 0.3) is 0 Å². The summed E-state index contributed by atoms with van der Waals surface area (Å²) in [5.41, 5.74) is 0. The fourth-order valence-electron chi connectivity index (χ4n) is 6.91. The van der Waals surface area contributed by atoms with E-state index in [0.29, 0.717) is 6.42 Å². The normalized spacial score (nSPS) is 20.4. The predicted octanol–water partition coefficient (Wildman–Crippen LogP) is 10.4. The highest BCUT2D eigenvalue weighted by Crippen LogP contribution is 2.22. The van der Waals surface area contributed by atoms with Crippen molar-refractivity contribution in [1.29, 1.82) is 0 Å². The quantitative estimate of drug-likeness (QED) is 0.0204. The first-order valence-corrected chi connectivity index (χ1v) is 23.7. The van der Waals surface area contributed by atoms with Crippen molar-refractivity contribution in [1.82, 2.24) is 0 Å². The third-order valence-corrected chi connectivity index (χ3v) is 10.7. The molecule has 1 rings (SSSR count). The summed E-state index contributed by atoms with van der Waals surface area (Å²) in [7, 11) is 0. The van der Waals surface area contributed by atoms with Gasteiger partial charge in [0.2, 0.25) is 0 Å². The van der Waals surface area contributed by atoms with E-state index in [1.54, 1.807) is 0 Å². The highest BCUT2D eigenvalue weighted by Gasteiger charge is 2.44. The summed E-state index contributed by atoms with van der Waals surface area (Å²) in [5, 5.41) is 40.1. The Labute approximate surface area is 358 Å². The molecular weight excluding hydrogens is 749 g/mol. The molecule has 1 aliphatic rings. The number of ether oxygens (including phenoxy) is 4. The van der Waals surface area contributed by atoms with Crippen LogP contribution < -0.4 is 0 Å². The van der Waals surface area contributed by atoms with E-state index in [1.807, 2.05) is 0 Å². The highest BCUT2D eigenvalue weighted by molar-refractivity contribution is 5.70. The van der Waals surface area contributed by atoms with Crippen LogP contribution in [0.4, 0.5) is 0 Å². The average Bonchev–Trinajstić information content (AvgIpc) is 3.23. The van der Waals surface area contributed by atoms with Crippen LogP contribution in [0.15, 0.2) is 48.6 Å². The standard InChI is InChI=1S/C49H86O10/c1-3-5-7-9-11-13-15-17-19-20-21-22-24-25-27-29-31-33-35-37-44(51)56-40-42(41-57-49-48(55)47(54)46(53)43(39-50)59-49)58-45(52)38-36-34-32-30-28-26-23-18-16-14-12-10-8-6-4-2/h11,13-14,16-19,23,42-43,46-50,53-55H,3-10,12,15,20-22,24-41H2,1-2H3/b13-11+,16-14+,19-17+,23-18+/t42-,43-,46+,47?,48?,49-/m0/s1. The fraction of sp³-hybridized carbons (Fsp3) is 0.796. The maximum absolute atomic E-state index is 12.8. The molecular formula is C49H86O10. The number of aliphatic hydroxyl groups excluding tert-OH is 4. The molecule has 0 aromatic rings. The van der Waals surface area contributed by atoms with Crippen molar-refractivity contribution in [2.75, 3.05) is 19.8 Å². The lowest BCUT2D eigenvalue weighted by atomic mass is 9.99. The predicted molar refractivity (Wildman–Crippen MR) is 238 cm³/mol. The minimum Gasteiger partial charge on any atom is -0.462 e. The number of hydrogen-bond acceptors (Lipinski definition) is 10. The van der Waals surface area contributed by atoms with Crippen LogP contribution in [0.25, 0.3) is 0 Å². The number of esters is 2. The van der Waals surface area contributed by atoms with Gasteiger partial charge in [-0.1, -0.05) is 159 Å². The van der Waals surface area contributed by atoms with E-state index in [0.717, 1.165) is 77.0 Å². The van der Waals surface area contributed by atoms with Crippen LogP contribution in [0, 0.1) is 0 Å². The van der Waals surface area contributed by atoms with Crippen LogP contribution in [0.2, 0.25) is 0 Å². The Bertz CT molecular complexity index is 1100. The molecule has 0 aromatic heterocycles. The summed E-state index contributed by atoms with van der Waals surface area (Å²) in [6.45, 7) is 3.36. The number of hydrogen-bond donors (Lipinski definition) is 4. The van der Waals surface area contributed by atoms with Crippen LogP contribution in [0.1, 0.15) is 194 Å².